The fourth-order valence-corrected chi connectivity index (χ4v) is 2.92. The molecule has 0 spiro atoms. The summed E-state index contributed by atoms with van der Waals surface area (Å²) in [5.41, 5.74) is 1.02. The minimum Gasteiger partial charge on any atom is -0.308 e. The number of hydrogen-bond donors (Lipinski definition) is 1. The molecule has 118 valence electrons. The molecule has 1 unspecified atom stereocenters. The van der Waals surface area contributed by atoms with Crippen LogP contribution in [0.3, 0.4) is 0 Å². The Hall–Kier alpha value is -2.15. The zero-order valence-electron chi connectivity index (χ0n) is 13.1. The third-order valence-corrected chi connectivity index (χ3v) is 4.18. The molecule has 7 nitrogen and oxygen atoms in total. The van der Waals surface area contributed by atoms with Crippen molar-refractivity contribution in [1.29, 1.82) is 0 Å². The highest BCUT2D eigenvalue weighted by Crippen LogP contribution is 2.18. The Balaban J connectivity index is 1.55. The van der Waals surface area contributed by atoms with Crippen LogP contribution in [-0.2, 0) is 18.4 Å². The Labute approximate surface area is 129 Å². The molecule has 1 aliphatic heterocycles. The molecule has 1 aliphatic rings. The third-order valence-electron chi connectivity index (χ3n) is 4.18. The van der Waals surface area contributed by atoms with E-state index in [1.807, 2.05) is 37.0 Å². The van der Waals surface area contributed by atoms with E-state index < -0.39 is 0 Å². The molecule has 1 saturated heterocycles. The van der Waals surface area contributed by atoms with Crippen LogP contribution in [0.2, 0.25) is 0 Å². The predicted molar refractivity (Wildman–Crippen MR) is 83.4 cm³/mol. The molecule has 0 aliphatic carbocycles. The molecule has 7 heteroatoms. The van der Waals surface area contributed by atoms with E-state index in [2.05, 4.69) is 20.4 Å². The smallest absolute Gasteiger partial charge is 0.239 e. The van der Waals surface area contributed by atoms with E-state index in [1.54, 1.807) is 10.9 Å². The first-order valence-corrected chi connectivity index (χ1v) is 7.64. The Morgan fingerprint density at radius 3 is 3.05 bits per heavy atom. The van der Waals surface area contributed by atoms with Gasteiger partial charge in [-0.15, -0.1) is 0 Å². The molecule has 1 amide bonds. The first kappa shape index (κ1) is 14.8. The lowest BCUT2D eigenvalue weighted by atomic mass is 10.2. The maximum absolute atomic E-state index is 12.2. The van der Waals surface area contributed by atoms with Crippen molar-refractivity contribution in [2.75, 3.05) is 18.4 Å². The molecule has 1 N–H and O–H groups in total. The van der Waals surface area contributed by atoms with Gasteiger partial charge >= 0.3 is 0 Å². The highest BCUT2D eigenvalue weighted by atomic mass is 16.2. The van der Waals surface area contributed by atoms with E-state index in [-0.39, 0.29) is 5.91 Å². The number of nitrogens with one attached hydrogen (secondary N) is 1. The topological polar surface area (TPSA) is 68.0 Å². The van der Waals surface area contributed by atoms with Crippen LogP contribution in [0.4, 0.5) is 5.82 Å². The van der Waals surface area contributed by atoms with Gasteiger partial charge in [-0.25, -0.2) is 0 Å². The van der Waals surface area contributed by atoms with Crippen LogP contribution in [0.5, 0.6) is 0 Å². The van der Waals surface area contributed by atoms with Crippen LogP contribution in [0.15, 0.2) is 24.5 Å². The van der Waals surface area contributed by atoms with Gasteiger partial charge in [0.2, 0.25) is 5.91 Å². The summed E-state index contributed by atoms with van der Waals surface area (Å²) in [6.07, 6.45) is 5.99. The van der Waals surface area contributed by atoms with Crippen molar-refractivity contribution in [2.24, 2.45) is 7.05 Å². The van der Waals surface area contributed by atoms with E-state index in [4.69, 9.17) is 0 Å². The molecule has 0 radical (unpaired) electrons. The van der Waals surface area contributed by atoms with E-state index in [0.717, 1.165) is 31.6 Å². The lowest BCUT2D eigenvalue weighted by Gasteiger charge is -2.23. The number of nitrogens with zero attached hydrogens (tertiary/aromatic N) is 5. The van der Waals surface area contributed by atoms with Crippen LogP contribution >= 0.6 is 0 Å². The summed E-state index contributed by atoms with van der Waals surface area (Å²) >= 11 is 0. The van der Waals surface area contributed by atoms with Crippen molar-refractivity contribution in [2.45, 2.75) is 32.4 Å². The van der Waals surface area contributed by atoms with Gasteiger partial charge in [0, 0.05) is 37.2 Å². The number of rotatable bonds is 5. The van der Waals surface area contributed by atoms with Gasteiger partial charge in [0.15, 0.2) is 5.82 Å². The number of amides is 1. The maximum Gasteiger partial charge on any atom is 0.239 e. The fraction of sp³-hybridized carbons (Fsp3) is 0.533. The summed E-state index contributed by atoms with van der Waals surface area (Å²) in [7, 11) is 1.87. The van der Waals surface area contributed by atoms with Crippen molar-refractivity contribution in [1.82, 2.24) is 24.5 Å². The summed E-state index contributed by atoms with van der Waals surface area (Å²) in [5.74, 6) is 0.610. The molecule has 0 aromatic carbocycles. The second-order valence-electron chi connectivity index (χ2n) is 5.84. The van der Waals surface area contributed by atoms with Gasteiger partial charge in [-0.2, -0.15) is 10.2 Å². The van der Waals surface area contributed by atoms with Gasteiger partial charge in [0.05, 0.1) is 13.1 Å². The van der Waals surface area contributed by atoms with E-state index >= 15 is 0 Å². The molecular formula is C15H22N6O. The number of carbonyl (C=O) groups excluding carboxylic acids is 1. The van der Waals surface area contributed by atoms with Crippen molar-refractivity contribution >= 4 is 11.7 Å². The first-order valence-electron chi connectivity index (χ1n) is 7.64. The van der Waals surface area contributed by atoms with E-state index in [1.165, 1.54) is 0 Å². The predicted octanol–water partition coefficient (Wildman–Crippen LogP) is 1.03. The Morgan fingerprint density at radius 2 is 2.36 bits per heavy atom. The van der Waals surface area contributed by atoms with Crippen LogP contribution in [-0.4, -0.2) is 49.5 Å². The zero-order valence-corrected chi connectivity index (χ0v) is 13.1. The Kier molecular flexibility index (Phi) is 4.24. The number of carbonyl (C=O) groups is 1. The minimum atomic E-state index is -0.00883. The number of aryl methyl sites for hydroxylation is 2. The number of anilines is 1. The van der Waals surface area contributed by atoms with Crippen LogP contribution in [0, 0.1) is 6.92 Å². The zero-order chi connectivity index (χ0) is 15.5. The standard InChI is InChI=1S/C15H22N6O/c1-12-9-14(18-19(12)2)17-15(22)11-20-7-3-5-13(20)10-21-8-4-6-16-21/h4,6,8-9,13H,3,5,7,10-11H2,1-2H3,(H,17,18,22). The van der Waals surface area contributed by atoms with Crippen LogP contribution < -0.4 is 5.32 Å². The Bertz CT molecular complexity index is 613. The van der Waals surface area contributed by atoms with Crippen molar-refractivity contribution in [3.63, 3.8) is 0 Å². The number of likely N-dealkylation sites (tertiary alicyclic amines) is 1. The Morgan fingerprint density at radius 1 is 1.50 bits per heavy atom. The number of aromatic nitrogens is 4. The lowest BCUT2D eigenvalue weighted by molar-refractivity contribution is -0.117. The van der Waals surface area contributed by atoms with Gasteiger partial charge in [-0.1, -0.05) is 0 Å². The molecule has 2 aromatic rings. The lowest BCUT2D eigenvalue weighted by Crippen LogP contribution is -2.39. The monoisotopic (exact) mass is 302 g/mol. The molecule has 0 bridgehead atoms. The second kappa shape index (κ2) is 6.31. The summed E-state index contributed by atoms with van der Waals surface area (Å²) < 4.78 is 3.69. The number of hydrogen-bond acceptors (Lipinski definition) is 4. The quantitative estimate of drug-likeness (QED) is 0.895. The fourth-order valence-electron chi connectivity index (χ4n) is 2.92. The highest BCUT2D eigenvalue weighted by Gasteiger charge is 2.26. The highest BCUT2D eigenvalue weighted by molar-refractivity contribution is 5.91. The van der Waals surface area contributed by atoms with Gasteiger partial charge in [-0.05, 0) is 32.4 Å². The van der Waals surface area contributed by atoms with Gasteiger partial charge in [0.1, 0.15) is 0 Å². The summed E-state index contributed by atoms with van der Waals surface area (Å²) in [6, 6.07) is 4.18. The van der Waals surface area contributed by atoms with E-state index in [0.29, 0.717) is 18.4 Å². The molecular weight excluding hydrogens is 280 g/mol. The van der Waals surface area contributed by atoms with Gasteiger partial charge in [-0.3, -0.25) is 19.1 Å². The maximum atomic E-state index is 12.2. The van der Waals surface area contributed by atoms with Gasteiger partial charge < -0.3 is 5.32 Å². The molecule has 1 fully saturated rings. The van der Waals surface area contributed by atoms with Crippen molar-refractivity contribution in [3.8, 4) is 0 Å². The molecule has 3 rings (SSSR count). The molecule has 22 heavy (non-hydrogen) atoms. The molecule has 1 atom stereocenters. The van der Waals surface area contributed by atoms with E-state index in [9.17, 15) is 4.79 Å². The summed E-state index contributed by atoms with van der Waals surface area (Å²) in [4.78, 5) is 14.4. The normalized spacial score (nSPS) is 18.7. The summed E-state index contributed by atoms with van der Waals surface area (Å²) in [6.45, 7) is 4.16. The second-order valence-corrected chi connectivity index (χ2v) is 5.84. The van der Waals surface area contributed by atoms with Crippen molar-refractivity contribution in [3.05, 3.63) is 30.2 Å². The SMILES string of the molecule is Cc1cc(NC(=O)CN2CCCC2Cn2cccn2)nn1C. The third kappa shape index (κ3) is 3.36. The van der Waals surface area contributed by atoms with Gasteiger partial charge in [0.25, 0.3) is 0 Å². The largest absolute Gasteiger partial charge is 0.308 e. The molecule has 3 heterocycles. The van der Waals surface area contributed by atoms with Crippen LogP contribution in [0.25, 0.3) is 0 Å². The first-order chi connectivity index (χ1) is 10.6. The molecule has 0 saturated carbocycles. The van der Waals surface area contributed by atoms with Crippen molar-refractivity contribution < 1.29 is 4.79 Å². The average molecular weight is 302 g/mol. The molecule has 2 aromatic heterocycles. The van der Waals surface area contributed by atoms with Crippen LogP contribution in [0.1, 0.15) is 18.5 Å². The summed E-state index contributed by atoms with van der Waals surface area (Å²) in [5, 5.41) is 11.4. The average Bonchev–Trinajstić information content (AvgIpc) is 3.17. The minimum absolute atomic E-state index is 0.00883.